The van der Waals surface area contributed by atoms with Crippen molar-refractivity contribution < 1.29 is 24.2 Å². The predicted molar refractivity (Wildman–Crippen MR) is 129 cm³/mol. The normalized spacial score (nSPS) is 12.9. The molecule has 0 saturated carbocycles. The molecule has 10 heteroatoms. The van der Waals surface area contributed by atoms with Crippen molar-refractivity contribution in [2.45, 2.75) is 65.0 Å². The fourth-order valence-electron chi connectivity index (χ4n) is 3.29. The van der Waals surface area contributed by atoms with Gasteiger partial charge in [0.2, 0.25) is 5.91 Å². The predicted octanol–water partition coefficient (Wildman–Crippen LogP) is 2.90. The van der Waals surface area contributed by atoms with Gasteiger partial charge in [0, 0.05) is 6.20 Å². The van der Waals surface area contributed by atoms with E-state index in [0.29, 0.717) is 23.6 Å². The first kappa shape index (κ1) is 26.1. The number of amides is 2. The van der Waals surface area contributed by atoms with Crippen LogP contribution in [0.25, 0.3) is 5.65 Å². The van der Waals surface area contributed by atoms with Gasteiger partial charge in [0.25, 0.3) is 0 Å². The Morgan fingerprint density at radius 3 is 2.40 bits per heavy atom. The fourth-order valence-corrected chi connectivity index (χ4v) is 3.29. The third kappa shape index (κ3) is 7.24. The van der Waals surface area contributed by atoms with Gasteiger partial charge in [-0.1, -0.05) is 36.4 Å². The quantitative estimate of drug-likeness (QED) is 0.427. The highest BCUT2D eigenvalue weighted by Gasteiger charge is 2.34. The Balaban J connectivity index is 1.81. The molecule has 0 bridgehead atoms. The number of ether oxygens (including phenoxy) is 2. The molecule has 0 aliphatic carbocycles. The Kier molecular flexibility index (Phi) is 8.08. The van der Waals surface area contributed by atoms with Crippen LogP contribution in [0.4, 0.5) is 4.79 Å². The number of aliphatic hydroxyl groups is 1. The third-order valence-corrected chi connectivity index (χ3v) is 5.07. The van der Waals surface area contributed by atoms with E-state index in [4.69, 9.17) is 9.47 Å². The number of carbonyl (C=O) groups is 2. The minimum Gasteiger partial charge on any atom is -0.444 e. The zero-order valence-electron chi connectivity index (χ0n) is 20.7. The van der Waals surface area contributed by atoms with Gasteiger partial charge in [-0.05, 0) is 51.8 Å². The van der Waals surface area contributed by atoms with Gasteiger partial charge in [-0.3, -0.25) is 9.20 Å². The minimum atomic E-state index is -1.28. The van der Waals surface area contributed by atoms with Gasteiger partial charge >= 0.3 is 6.09 Å². The van der Waals surface area contributed by atoms with Crippen LogP contribution in [0.15, 0.2) is 48.7 Å². The number of pyridine rings is 1. The van der Waals surface area contributed by atoms with E-state index in [0.717, 1.165) is 5.56 Å². The lowest BCUT2D eigenvalue weighted by molar-refractivity contribution is -0.127. The summed E-state index contributed by atoms with van der Waals surface area (Å²) in [5.74, 6) is -0.0171. The van der Waals surface area contributed by atoms with Crippen molar-refractivity contribution in [3.63, 3.8) is 0 Å². The van der Waals surface area contributed by atoms with Crippen molar-refractivity contribution in [3.8, 4) is 0 Å². The van der Waals surface area contributed by atoms with Crippen LogP contribution < -0.4 is 10.6 Å². The summed E-state index contributed by atoms with van der Waals surface area (Å²) in [6.45, 7) is 8.70. The molecule has 0 aliphatic heterocycles. The highest BCUT2D eigenvalue weighted by molar-refractivity contribution is 5.89. The van der Waals surface area contributed by atoms with E-state index in [1.807, 2.05) is 30.3 Å². The number of alkyl carbamates (subject to hydrolysis) is 1. The van der Waals surface area contributed by atoms with E-state index in [9.17, 15) is 14.7 Å². The second-order valence-electron chi connectivity index (χ2n) is 9.76. The molecular weight excluding hydrogens is 450 g/mol. The Morgan fingerprint density at radius 1 is 1.03 bits per heavy atom. The number of benzene rings is 1. The second-order valence-corrected chi connectivity index (χ2v) is 9.76. The molecule has 2 heterocycles. The number of aromatic nitrogens is 3. The SMILES string of the molecule is CC(C)(C)OC(=O)NC(C)(C)C(=O)N[C@H](COCc1ccccc1)c1nnc2ccc(CO)cn12. The Labute approximate surface area is 204 Å². The number of nitrogens with one attached hydrogen (secondary N) is 2. The third-order valence-electron chi connectivity index (χ3n) is 5.07. The van der Waals surface area contributed by atoms with E-state index in [2.05, 4.69) is 20.8 Å². The lowest BCUT2D eigenvalue weighted by atomic mass is 10.0. The molecule has 0 aliphatic rings. The van der Waals surface area contributed by atoms with Crippen LogP contribution in [0.1, 0.15) is 57.6 Å². The summed E-state index contributed by atoms with van der Waals surface area (Å²) in [6, 6.07) is 12.5. The first-order chi connectivity index (χ1) is 16.5. The maximum Gasteiger partial charge on any atom is 0.408 e. The summed E-state index contributed by atoms with van der Waals surface area (Å²) in [6.07, 6.45) is 1.01. The van der Waals surface area contributed by atoms with Gasteiger partial charge in [-0.15, -0.1) is 10.2 Å². The van der Waals surface area contributed by atoms with Crippen LogP contribution in [0.3, 0.4) is 0 Å². The number of hydrogen-bond donors (Lipinski definition) is 3. The molecule has 2 amide bonds. The van der Waals surface area contributed by atoms with Crippen molar-refractivity contribution in [1.29, 1.82) is 0 Å². The van der Waals surface area contributed by atoms with Crippen LogP contribution in [0.2, 0.25) is 0 Å². The van der Waals surface area contributed by atoms with Crippen molar-refractivity contribution in [2.75, 3.05) is 6.61 Å². The molecule has 35 heavy (non-hydrogen) atoms. The first-order valence-corrected chi connectivity index (χ1v) is 11.4. The van der Waals surface area contributed by atoms with Crippen LogP contribution >= 0.6 is 0 Å². The molecule has 0 radical (unpaired) electrons. The summed E-state index contributed by atoms with van der Waals surface area (Å²) in [5.41, 5.74) is 0.232. The van der Waals surface area contributed by atoms with Crippen LogP contribution in [0.5, 0.6) is 0 Å². The summed E-state index contributed by atoms with van der Waals surface area (Å²) in [5, 5.41) is 23.5. The van der Waals surface area contributed by atoms with Crippen LogP contribution in [-0.4, -0.2) is 49.5 Å². The van der Waals surface area contributed by atoms with Gasteiger partial charge in [-0.25, -0.2) is 4.79 Å². The van der Waals surface area contributed by atoms with E-state index >= 15 is 0 Å². The zero-order chi connectivity index (χ0) is 25.6. The van der Waals surface area contributed by atoms with Crippen molar-refractivity contribution in [3.05, 3.63) is 65.6 Å². The number of aliphatic hydroxyl groups excluding tert-OH is 1. The van der Waals surface area contributed by atoms with Gasteiger partial charge in [0.05, 0.1) is 19.8 Å². The minimum absolute atomic E-state index is 0.104. The van der Waals surface area contributed by atoms with E-state index in [1.165, 1.54) is 0 Å². The number of hydrogen-bond acceptors (Lipinski definition) is 7. The van der Waals surface area contributed by atoms with E-state index in [1.54, 1.807) is 57.3 Å². The molecule has 3 aromatic rings. The number of carbonyl (C=O) groups excluding carboxylic acids is 2. The number of fused-ring (bicyclic) bond motifs is 1. The molecule has 3 rings (SSSR count). The molecule has 0 fully saturated rings. The number of rotatable bonds is 9. The average molecular weight is 484 g/mol. The fraction of sp³-hybridized carbons (Fsp3) is 0.440. The lowest BCUT2D eigenvalue weighted by Gasteiger charge is -2.29. The first-order valence-electron chi connectivity index (χ1n) is 11.4. The summed E-state index contributed by atoms with van der Waals surface area (Å²) < 4.78 is 12.9. The standard InChI is InChI=1S/C25H33N5O5/c1-24(2,3)35-23(33)27-25(4,5)22(32)26-19(16-34-15-17-9-7-6-8-10-17)21-29-28-20-12-11-18(14-31)13-30(20)21/h6-13,19,31H,14-16H2,1-5H3,(H,26,32)(H,27,33)/t19-/m1/s1. The van der Waals surface area contributed by atoms with Crippen molar-refractivity contribution in [2.24, 2.45) is 0 Å². The topological polar surface area (TPSA) is 127 Å². The monoisotopic (exact) mass is 483 g/mol. The second kappa shape index (κ2) is 10.8. The maximum atomic E-state index is 13.2. The van der Waals surface area contributed by atoms with Gasteiger partial charge in [0.15, 0.2) is 11.5 Å². The van der Waals surface area contributed by atoms with Gasteiger partial charge in [0.1, 0.15) is 17.2 Å². The molecular formula is C25H33N5O5. The highest BCUT2D eigenvalue weighted by atomic mass is 16.6. The molecule has 1 aromatic carbocycles. The van der Waals surface area contributed by atoms with Gasteiger partial charge < -0.3 is 25.2 Å². The molecule has 0 spiro atoms. The summed E-state index contributed by atoms with van der Waals surface area (Å²) >= 11 is 0. The van der Waals surface area contributed by atoms with E-state index < -0.39 is 29.2 Å². The molecule has 10 nitrogen and oxygen atoms in total. The zero-order valence-corrected chi connectivity index (χ0v) is 20.7. The van der Waals surface area contributed by atoms with E-state index in [-0.39, 0.29) is 13.2 Å². The van der Waals surface area contributed by atoms with Crippen molar-refractivity contribution in [1.82, 2.24) is 25.2 Å². The average Bonchev–Trinajstić information content (AvgIpc) is 3.20. The highest BCUT2D eigenvalue weighted by Crippen LogP contribution is 2.18. The summed E-state index contributed by atoms with van der Waals surface area (Å²) in [7, 11) is 0. The number of nitrogens with zero attached hydrogens (tertiary/aromatic N) is 3. The maximum absolute atomic E-state index is 13.2. The summed E-state index contributed by atoms with van der Waals surface area (Å²) in [4.78, 5) is 25.5. The molecule has 2 aromatic heterocycles. The van der Waals surface area contributed by atoms with Crippen LogP contribution in [0, 0.1) is 0 Å². The smallest absolute Gasteiger partial charge is 0.408 e. The Morgan fingerprint density at radius 2 is 1.74 bits per heavy atom. The lowest BCUT2D eigenvalue weighted by Crippen LogP contribution is -2.56. The van der Waals surface area contributed by atoms with Crippen LogP contribution in [-0.2, 0) is 27.5 Å². The largest absolute Gasteiger partial charge is 0.444 e. The Bertz CT molecular complexity index is 1150. The molecule has 0 saturated heterocycles. The molecule has 3 N–H and O–H groups in total. The Hall–Kier alpha value is -3.50. The molecule has 188 valence electrons. The molecule has 1 atom stereocenters. The van der Waals surface area contributed by atoms with Crippen molar-refractivity contribution >= 4 is 17.6 Å². The van der Waals surface area contributed by atoms with Gasteiger partial charge in [-0.2, -0.15) is 0 Å². The molecule has 0 unspecified atom stereocenters.